The second kappa shape index (κ2) is 10.0. The summed E-state index contributed by atoms with van der Waals surface area (Å²) >= 11 is 6.85. The smallest absolute Gasteiger partial charge is 0.337 e. The molecule has 1 aliphatic rings. The fraction of sp³-hybridized carbons (Fsp3) is 0.389. The number of ether oxygens (including phenoxy) is 2. The van der Waals surface area contributed by atoms with Crippen molar-refractivity contribution in [3.63, 3.8) is 0 Å². The fourth-order valence-electron chi connectivity index (χ4n) is 2.70. The molecular weight excluding hydrogens is 500 g/mol. The summed E-state index contributed by atoms with van der Waals surface area (Å²) in [5.74, 6) is -1.38. The Morgan fingerprint density at radius 2 is 1.93 bits per heavy atom. The molecule has 0 bridgehead atoms. The van der Waals surface area contributed by atoms with Crippen molar-refractivity contribution < 1.29 is 29.0 Å². The van der Waals surface area contributed by atoms with Crippen molar-refractivity contribution in [1.29, 1.82) is 0 Å². The number of nitrogens with one attached hydrogen (secondary N) is 1. The lowest BCUT2D eigenvalue weighted by molar-refractivity contribution is -0.142. The van der Waals surface area contributed by atoms with Crippen LogP contribution in [0.3, 0.4) is 0 Å². The van der Waals surface area contributed by atoms with E-state index in [-0.39, 0.29) is 43.4 Å². The predicted molar refractivity (Wildman–Crippen MR) is 109 cm³/mol. The summed E-state index contributed by atoms with van der Waals surface area (Å²) in [5, 5.41) is 12.1. The fourth-order valence-corrected chi connectivity index (χ4v) is 4.18. The molecule has 1 heterocycles. The van der Waals surface area contributed by atoms with Crippen LogP contribution in [-0.2, 0) is 30.3 Å². The third-order valence-electron chi connectivity index (χ3n) is 3.96. The molecular formula is C18H20Br2N2O6. The van der Waals surface area contributed by atoms with Crippen molar-refractivity contribution in [2.75, 3.05) is 38.7 Å². The number of carbonyl (C=O) groups is 3. The number of esters is 2. The van der Waals surface area contributed by atoms with Gasteiger partial charge in [-0.3, -0.25) is 9.59 Å². The first kappa shape index (κ1) is 22.4. The molecule has 152 valence electrons. The van der Waals surface area contributed by atoms with E-state index in [0.717, 1.165) is 0 Å². The minimum absolute atomic E-state index is 0.0462. The van der Waals surface area contributed by atoms with Crippen LogP contribution in [-0.4, -0.2) is 61.3 Å². The lowest BCUT2D eigenvalue weighted by Crippen LogP contribution is -2.31. The van der Waals surface area contributed by atoms with E-state index < -0.39 is 11.9 Å². The van der Waals surface area contributed by atoms with Crippen LogP contribution in [0, 0.1) is 0 Å². The maximum atomic E-state index is 12.6. The highest BCUT2D eigenvalue weighted by molar-refractivity contribution is 9.11. The lowest BCUT2D eigenvalue weighted by atomic mass is 10.1. The largest absolute Gasteiger partial charge is 0.466 e. The number of nitrogens with zero attached hydrogens (tertiary/aromatic N) is 1. The van der Waals surface area contributed by atoms with Crippen LogP contribution >= 0.6 is 31.9 Å². The van der Waals surface area contributed by atoms with E-state index >= 15 is 0 Å². The first-order valence-electron chi connectivity index (χ1n) is 8.44. The van der Waals surface area contributed by atoms with Gasteiger partial charge >= 0.3 is 11.9 Å². The molecule has 0 aliphatic carbocycles. The summed E-state index contributed by atoms with van der Waals surface area (Å²) in [4.78, 5) is 37.8. The number of aliphatic hydroxyl groups excluding tert-OH is 1. The molecule has 0 aromatic heterocycles. The maximum Gasteiger partial charge on any atom is 0.337 e. The van der Waals surface area contributed by atoms with E-state index in [2.05, 4.69) is 37.2 Å². The summed E-state index contributed by atoms with van der Waals surface area (Å²) in [7, 11) is 1.24. The van der Waals surface area contributed by atoms with Gasteiger partial charge in [0, 0.05) is 15.5 Å². The highest BCUT2D eigenvalue weighted by Gasteiger charge is 2.35. The predicted octanol–water partition coefficient (Wildman–Crippen LogP) is 1.99. The molecule has 1 amide bonds. The van der Waals surface area contributed by atoms with Crippen molar-refractivity contribution in [2.24, 2.45) is 0 Å². The summed E-state index contributed by atoms with van der Waals surface area (Å²) in [6, 6.07) is 3.46. The van der Waals surface area contributed by atoms with E-state index in [4.69, 9.17) is 14.6 Å². The number of benzene rings is 1. The molecule has 2 rings (SSSR count). The van der Waals surface area contributed by atoms with E-state index in [1.165, 1.54) is 12.0 Å². The molecule has 0 saturated heterocycles. The monoisotopic (exact) mass is 518 g/mol. The number of anilines is 1. The number of amides is 1. The van der Waals surface area contributed by atoms with E-state index in [1.54, 1.807) is 19.1 Å². The summed E-state index contributed by atoms with van der Waals surface area (Å²) in [6.07, 6.45) is 0.102. The van der Waals surface area contributed by atoms with Gasteiger partial charge < -0.3 is 24.8 Å². The van der Waals surface area contributed by atoms with Crippen LogP contribution < -0.4 is 5.32 Å². The second-order valence-electron chi connectivity index (χ2n) is 5.84. The third-order valence-corrected chi connectivity index (χ3v) is 5.21. The number of carbonyl (C=O) groups excluding carboxylic acids is 3. The topological polar surface area (TPSA) is 105 Å². The standard InChI is InChI=1S/C18H20Br2N2O6/c1-3-28-14(24)8-10-6-12(19)16(13(20)7-10)21-15-11(18(26)27-2)9-22(4-5-23)17(15)25/h6-7,21,23H,3-5,8-9H2,1-2H3. The number of β-amino-alcohol motifs (C(OH)–C–C–N with tert-alkyl or cyclic N) is 1. The Hall–Kier alpha value is -1.91. The van der Waals surface area contributed by atoms with Crippen molar-refractivity contribution >= 4 is 55.4 Å². The number of aliphatic hydroxyl groups is 1. The van der Waals surface area contributed by atoms with Crippen molar-refractivity contribution in [3.05, 3.63) is 37.9 Å². The average Bonchev–Trinajstić information content (AvgIpc) is 2.94. The second-order valence-corrected chi connectivity index (χ2v) is 7.55. The van der Waals surface area contributed by atoms with Gasteiger partial charge in [-0.15, -0.1) is 0 Å². The molecule has 0 saturated carbocycles. The van der Waals surface area contributed by atoms with E-state index in [9.17, 15) is 14.4 Å². The van der Waals surface area contributed by atoms with Gasteiger partial charge in [-0.2, -0.15) is 0 Å². The van der Waals surface area contributed by atoms with Crippen LogP contribution in [0.15, 0.2) is 32.3 Å². The van der Waals surface area contributed by atoms with Gasteiger partial charge in [0.15, 0.2) is 0 Å². The van der Waals surface area contributed by atoms with E-state index in [1.807, 2.05) is 0 Å². The Morgan fingerprint density at radius 1 is 1.29 bits per heavy atom. The number of halogens is 2. The Labute approximate surface area is 179 Å². The molecule has 0 unspecified atom stereocenters. The Bertz CT molecular complexity index is 801. The third kappa shape index (κ3) is 5.12. The molecule has 0 radical (unpaired) electrons. The first-order valence-corrected chi connectivity index (χ1v) is 10.0. The number of hydrogen-bond donors (Lipinski definition) is 2. The molecule has 10 heteroatoms. The maximum absolute atomic E-state index is 12.6. The summed E-state index contributed by atoms with van der Waals surface area (Å²) < 4.78 is 10.9. The molecule has 0 spiro atoms. The van der Waals surface area contributed by atoms with Gasteiger partial charge in [-0.05, 0) is 56.5 Å². The highest BCUT2D eigenvalue weighted by atomic mass is 79.9. The molecule has 0 fully saturated rings. The number of hydrogen-bond acceptors (Lipinski definition) is 7. The summed E-state index contributed by atoms with van der Waals surface area (Å²) in [6.45, 7) is 1.97. The van der Waals surface area contributed by atoms with Crippen LogP contribution in [0.5, 0.6) is 0 Å². The zero-order chi connectivity index (χ0) is 20.8. The van der Waals surface area contributed by atoms with Gasteiger partial charge in [0.1, 0.15) is 5.70 Å². The molecule has 0 atom stereocenters. The zero-order valence-electron chi connectivity index (χ0n) is 15.4. The SMILES string of the molecule is CCOC(=O)Cc1cc(Br)c(NC2=C(C(=O)OC)CN(CCO)C2=O)c(Br)c1. The van der Waals surface area contributed by atoms with E-state index in [0.29, 0.717) is 26.8 Å². The Kier molecular flexibility index (Phi) is 8.02. The molecule has 1 aromatic carbocycles. The minimum Gasteiger partial charge on any atom is -0.466 e. The van der Waals surface area contributed by atoms with Gasteiger partial charge in [-0.1, -0.05) is 0 Å². The lowest BCUT2D eigenvalue weighted by Gasteiger charge is -2.16. The van der Waals surface area contributed by atoms with Gasteiger partial charge in [0.05, 0.1) is 44.5 Å². The molecule has 2 N–H and O–H groups in total. The van der Waals surface area contributed by atoms with Crippen LogP contribution in [0.1, 0.15) is 12.5 Å². The molecule has 8 nitrogen and oxygen atoms in total. The average molecular weight is 520 g/mol. The first-order chi connectivity index (χ1) is 13.3. The van der Waals surface area contributed by atoms with Crippen LogP contribution in [0.4, 0.5) is 5.69 Å². The van der Waals surface area contributed by atoms with Crippen LogP contribution in [0.25, 0.3) is 0 Å². The minimum atomic E-state index is -0.623. The van der Waals surface area contributed by atoms with Crippen molar-refractivity contribution in [2.45, 2.75) is 13.3 Å². The number of methoxy groups -OCH3 is 1. The molecule has 28 heavy (non-hydrogen) atoms. The Balaban J connectivity index is 2.33. The normalized spacial score (nSPS) is 13.8. The van der Waals surface area contributed by atoms with Crippen molar-refractivity contribution in [3.8, 4) is 0 Å². The number of rotatable bonds is 8. The van der Waals surface area contributed by atoms with Gasteiger partial charge in [-0.25, -0.2) is 4.79 Å². The quantitative estimate of drug-likeness (QED) is 0.506. The Morgan fingerprint density at radius 3 is 2.46 bits per heavy atom. The highest BCUT2D eigenvalue weighted by Crippen LogP contribution is 2.35. The van der Waals surface area contributed by atoms with Crippen LogP contribution in [0.2, 0.25) is 0 Å². The van der Waals surface area contributed by atoms with Crippen molar-refractivity contribution in [1.82, 2.24) is 4.90 Å². The van der Waals surface area contributed by atoms with Gasteiger partial charge in [0.2, 0.25) is 0 Å². The van der Waals surface area contributed by atoms with Gasteiger partial charge in [0.25, 0.3) is 5.91 Å². The zero-order valence-corrected chi connectivity index (χ0v) is 18.6. The summed E-state index contributed by atoms with van der Waals surface area (Å²) in [5.41, 5.74) is 1.49. The molecule has 1 aliphatic heterocycles. The molecule has 1 aromatic rings.